The molecule has 13 heavy (non-hydrogen) atoms. The van der Waals surface area contributed by atoms with Gasteiger partial charge in [-0.1, -0.05) is 0 Å². The number of aromatic hydroxyl groups is 1. The van der Waals surface area contributed by atoms with E-state index in [4.69, 9.17) is 5.73 Å². The highest BCUT2D eigenvalue weighted by atomic mass is 16.3. The van der Waals surface area contributed by atoms with Gasteiger partial charge in [0.25, 0.3) is 5.91 Å². The number of hydrogen-bond donors (Lipinski definition) is 3. The van der Waals surface area contributed by atoms with Crippen molar-refractivity contribution < 1.29 is 9.90 Å². The predicted octanol–water partition coefficient (Wildman–Crippen LogP) is -0.524. The molecule has 0 fully saturated rings. The third-order valence-electron chi connectivity index (χ3n) is 1.43. The maximum atomic E-state index is 11.2. The highest BCUT2D eigenvalue weighted by Gasteiger charge is 2.10. The lowest BCUT2D eigenvalue weighted by Crippen LogP contribution is -2.29. The van der Waals surface area contributed by atoms with Crippen molar-refractivity contribution in [3.8, 4) is 5.75 Å². The Labute approximate surface area is 75.6 Å². The van der Waals surface area contributed by atoms with E-state index in [2.05, 4.69) is 10.3 Å². The fourth-order valence-corrected chi connectivity index (χ4v) is 0.841. The van der Waals surface area contributed by atoms with Crippen LogP contribution in [0.25, 0.3) is 0 Å². The average Bonchev–Trinajstić information content (AvgIpc) is 2.15. The van der Waals surface area contributed by atoms with Crippen molar-refractivity contribution in [3.63, 3.8) is 0 Å². The summed E-state index contributed by atoms with van der Waals surface area (Å²) in [7, 11) is 0. The van der Waals surface area contributed by atoms with Gasteiger partial charge in [-0.3, -0.25) is 4.79 Å². The van der Waals surface area contributed by atoms with Crippen molar-refractivity contribution in [3.05, 3.63) is 24.0 Å². The van der Waals surface area contributed by atoms with Crippen molar-refractivity contribution >= 4 is 5.91 Å². The minimum absolute atomic E-state index is 0.0240. The summed E-state index contributed by atoms with van der Waals surface area (Å²) >= 11 is 0. The number of nitrogens with two attached hydrogens (primary N) is 1. The molecule has 0 saturated heterocycles. The van der Waals surface area contributed by atoms with Gasteiger partial charge >= 0.3 is 0 Å². The average molecular weight is 181 g/mol. The SMILES string of the molecule is NCCNC(=O)c1ncccc1O. The summed E-state index contributed by atoms with van der Waals surface area (Å²) in [6, 6.07) is 2.96. The molecule has 0 bridgehead atoms. The summed E-state index contributed by atoms with van der Waals surface area (Å²) in [4.78, 5) is 15.0. The van der Waals surface area contributed by atoms with E-state index in [0.717, 1.165) is 0 Å². The van der Waals surface area contributed by atoms with Crippen molar-refractivity contribution in [2.24, 2.45) is 5.73 Å². The molecular formula is C8H11N3O2. The van der Waals surface area contributed by atoms with Gasteiger partial charge in [0, 0.05) is 19.3 Å². The van der Waals surface area contributed by atoms with E-state index in [0.29, 0.717) is 13.1 Å². The maximum Gasteiger partial charge on any atom is 0.273 e. The number of aromatic nitrogens is 1. The monoisotopic (exact) mass is 181 g/mol. The number of amides is 1. The zero-order valence-electron chi connectivity index (χ0n) is 7.03. The van der Waals surface area contributed by atoms with Crippen LogP contribution in [0.15, 0.2) is 18.3 Å². The number of nitrogens with zero attached hydrogens (tertiary/aromatic N) is 1. The second kappa shape index (κ2) is 4.42. The standard InChI is InChI=1S/C8H11N3O2/c9-3-5-11-8(13)7-6(12)2-1-4-10-7/h1-2,4,12H,3,5,9H2,(H,11,13). The Balaban J connectivity index is 2.71. The van der Waals surface area contributed by atoms with E-state index in [1.54, 1.807) is 6.07 Å². The molecule has 4 N–H and O–H groups in total. The summed E-state index contributed by atoms with van der Waals surface area (Å²) in [6.07, 6.45) is 1.44. The van der Waals surface area contributed by atoms with Gasteiger partial charge in [0.1, 0.15) is 5.75 Å². The molecule has 0 unspecified atom stereocenters. The van der Waals surface area contributed by atoms with Crippen molar-refractivity contribution in [2.45, 2.75) is 0 Å². The van der Waals surface area contributed by atoms with E-state index in [1.165, 1.54) is 12.3 Å². The Morgan fingerprint density at radius 1 is 1.69 bits per heavy atom. The van der Waals surface area contributed by atoms with Crippen LogP contribution in [-0.4, -0.2) is 29.1 Å². The molecule has 0 aliphatic carbocycles. The first-order chi connectivity index (χ1) is 6.25. The van der Waals surface area contributed by atoms with Gasteiger partial charge in [0.05, 0.1) is 0 Å². The normalized spacial score (nSPS) is 9.62. The molecule has 0 aliphatic heterocycles. The first kappa shape index (κ1) is 9.47. The Morgan fingerprint density at radius 3 is 3.08 bits per heavy atom. The molecule has 1 heterocycles. The first-order valence-electron chi connectivity index (χ1n) is 3.88. The molecule has 1 rings (SSSR count). The van der Waals surface area contributed by atoms with Gasteiger partial charge in [-0.15, -0.1) is 0 Å². The maximum absolute atomic E-state index is 11.2. The molecule has 1 aromatic rings. The van der Waals surface area contributed by atoms with Crippen LogP contribution in [0, 0.1) is 0 Å². The fraction of sp³-hybridized carbons (Fsp3) is 0.250. The topological polar surface area (TPSA) is 88.2 Å². The third kappa shape index (κ3) is 2.41. The van der Waals surface area contributed by atoms with Crippen molar-refractivity contribution in [2.75, 3.05) is 13.1 Å². The van der Waals surface area contributed by atoms with E-state index in [9.17, 15) is 9.90 Å². The van der Waals surface area contributed by atoms with Crippen LogP contribution in [0.4, 0.5) is 0 Å². The number of nitrogens with one attached hydrogen (secondary N) is 1. The molecule has 1 amide bonds. The van der Waals surface area contributed by atoms with Crippen molar-refractivity contribution in [1.82, 2.24) is 10.3 Å². The molecule has 70 valence electrons. The van der Waals surface area contributed by atoms with Gasteiger partial charge in [-0.25, -0.2) is 4.98 Å². The highest BCUT2D eigenvalue weighted by Crippen LogP contribution is 2.11. The number of carbonyl (C=O) groups excluding carboxylic acids is 1. The minimum atomic E-state index is -0.413. The van der Waals surface area contributed by atoms with E-state index in [-0.39, 0.29) is 11.4 Å². The predicted molar refractivity (Wildman–Crippen MR) is 47.3 cm³/mol. The van der Waals surface area contributed by atoms with E-state index in [1.807, 2.05) is 0 Å². The smallest absolute Gasteiger partial charge is 0.273 e. The number of rotatable bonds is 3. The van der Waals surface area contributed by atoms with Crippen LogP contribution in [-0.2, 0) is 0 Å². The lowest BCUT2D eigenvalue weighted by atomic mass is 10.3. The van der Waals surface area contributed by atoms with Crippen LogP contribution in [0.5, 0.6) is 5.75 Å². The zero-order valence-corrected chi connectivity index (χ0v) is 7.03. The summed E-state index contributed by atoms with van der Waals surface area (Å²) in [5.41, 5.74) is 5.22. The lowest BCUT2D eigenvalue weighted by Gasteiger charge is -2.03. The highest BCUT2D eigenvalue weighted by molar-refractivity contribution is 5.94. The molecular weight excluding hydrogens is 170 g/mol. The van der Waals surface area contributed by atoms with Crippen LogP contribution in [0.1, 0.15) is 10.5 Å². The van der Waals surface area contributed by atoms with E-state index < -0.39 is 5.91 Å². The molecule has 0 aromatic carbocycles. The number of hydrogen-bond acceptors (Lipinski definition) is 4. The fourth-order valence-electron chi connectivity index (χ4n) is 0.841. The molecule has 0 aliphatic rings. The zero-order chi connectivity index (χ0) is 9.68. The van der Waals surface area contributed by atoms with Gasteiger partial charge < -0.3 is 16.2 Å². The second-order valence-corrected chi connectivity index (χ2v) is 2.42. The number of pyridine rings is 1. The second-order valence-electron chi connectivity index (χ2n) is 2.42. The molecule has 5 nitrogen and oxygen atoms in total. The van der Waals surface area contributed by atoms with Gasteiger partial charge in [0.2, 0.25) is 0 Å². The summed E-state index contributed by atoms with van der Waals surface area (Å²) < 4.78 is 0. The summed E-state index contributed by atoms with van der Waals surface area (Å²) in [5.74, 6) is -0.541. The molecule has 0 atom stereocenters. The summed E-state index contributed by atoms with van der Waals surface area (Å²) in [5, 5.41) is 11.7. The molecule has 1 aromatic heterocycles. The van der Waals surface area contributed by atoms with Gasteiger partial charge in [0.15, 0.2) is 5.69 Å². The van der Waals surface area contributed by atoms with Crippen LogP contribution >= 0.6 is 0 Å². The summed E-state index contributed by atoms with van der Waals surface area (Å²) in [6.45, 7) is 0.730. The molecule has 5 heteroatoms. The molecule has 0 saturated carbocycles. The largest absolute Gasteiger partial charge is 0.505 e. The molecule has 0 spiro atoms. The lowest BCUT2D eigenvalue weighted by molar-refractivity contribution is 0.0947. The Hall–Kier alpha value is -1.62. The molecule has 0 radical (unpaired) electrons. The van der Waals surface area contributed by atoms with Crippen LogP contribution in [0.3, 0.4) is 0 Å². The van der Waals surface area contributed by atoms with Crippen LogP contribution < -0.4 is 11.1 Å². The number of carbonyl (C=O) groups is 1. The van der Waals surface area contributed by atoms with Crippen LogP contribution in [0.2, 0.25) is 0 Å². The van der Waals surface area contributed by atoms with Gasteiger partial charge in [-0.05, 0) is 12.1 Å². The first-order valence-corrected chi connectivity index (χ1v) is 3.88. The Kier molecular flexibility index (Phi) is 3.22. The van der Waals surface area contributed by atoms with Gasteiger partial charge in [-0.2, -0.15) is 0 Å². The minimum Gasteiger partial charge on any atom is -0.505 e. The quantitative estimate of drug-likeness (QED) is 0.585. The Morgan fingerprint density at radius 2 is 2.46 bits per heavy atom. The van der Waals surface area contributed by atoms with E-state index >= 15 is 0 Å². The Bertz CT molecular complexity index is 301. The third-order valence-corrected chi connectivity index (χ3v) is 1.43. The van der Waals surface area contributed by atoms with Crippen molar-refractivity contribution in [1.29, 1.82) is 0 Å².